The van der Waals surface area contributed by atoms with Crippen molar-refractivity contribution in [2.75, 3.05) is 6.61 Å². The standard InChI is InChI=1S/C26H28F3NO3/c1-2-32-25(31)12-8-20-14-19-15-21(9-11-24(19)30-20)33-16-17-7-10-22(18-5-3-4-6-18)23(13-17)26(27,28)29/h7,9-11,13-15,18,30H,2-6,8,12,16H2,1H3. The van der Waals surface area contributed by atoms with Gasteiger partial charge in [0.2, 0.25) is 0 Å². The first kappa shape index (κ1) is 23.2. The number of aromatic nitrogens is 1. The van der Waals surface area contributed by atoms with E-state index >= 15 is 0 Å². The topological polar surface area (TPSA) is 51.3 Å². The zero-order chi connectivity index (χ0) is 23.4. The van der Waals surface area contributed by atoms with Crippen LogP contribution in [0, 0.1) is 0 Å². The highest BCUT2D eigenvalue weighted by atomic mass is 19.4. The van der Waals surface area contributed by atoms with E-state index in [1.54, 1.807) is 25.1 Å². The van der Waals surface area contributed by atoms with E-state index in [2.05, 4.69) is 4.98 Å². The second-order valence-electron chi connectivity index (χ2n) is 8.54. The molecule has 0 aliphatic heterocycles. The first-order chi connectivity index (χ1) is 15.8. The zero-order valence-corrected chi connectivity index (χ0v) is 18.6. The molecule has 0 radical (unpaired) electrons. The number of benzene rings is 2. The van der Waals surface area contributed by atoms with Gasteiger partial charge in [-0.05, 0) is 73.6 Å². The molecule has 33 heavy (non-hydrogen) atoms. The van der Waals surface area contributed by atoms with Gasteiger partial charge in [0, 0.05) is 16.6 Å². The second kappa shape index (κ2) is 9.89. The molecule has 1 heterocycles. The zero-order valence-electron chi connectivity index (χ0n) is 18.6. The van der Waals surface area contributed by atoms with Gasteiger partial charge in [-0.2, -0.15) is 13.2 Å². The summed E-state index contributed by atoms with van der Waals surface area (Å²) in [5.74, 6) is 0.329. The monoisotopic (exact) mass is 459 g/mol. The number of hydrogen-bond acceptors (Lipinski definition) is 3. The summed E-state index contributed by atoms with van der Waals surface area (Å²) in [6.07, 6.45) is 0.0599. The third-order valence-corrected chi connectivity index (χ3v) is 6.18. The van der Waals surface area contributed by atoms with Gasteiger partial charge >= 0.3 is 12.1 Å². The number of rotatable bonds is 8. The van der Waals surface area contributed by atoms with E-state index in [1.165, 1.54) is 6.07 Å². The molecule has 0 bridgehead atoms. The van der Waals surface area contributed by atoms with E-state index in [-0.39, 0.29) is 18.5 Å². The highest BCUT2D eigenvalue weighted by Crippen LogP contribution is 2.42. The summed E-state index contributed by atoms with van der Waals surface area (Å²) in [4.78, 5) is 14.8. The maximum Gasteiger partial charge on any atom is 0.416 e. The van der Waals surface area contributed by atoms with Crippen LogP contribution in [0.2, 0.25) is 0 Å². The number of aromatic amines is 1. The third-order valence-electron chi connectivity index (χ3n) is 6.18. The fourth-order valence-corrected chi connectivity index (χ4v) is 4.56. The lowest BCUT2D eigenvalue weighted by Gasteiger charge is -2.19. The van der Waals surface area contributed by atoms with E-state index in [4.69, 9.17) is 9.47 Å². The number of alkyl halides is 3. The average molecular weight is 460 g/mol. The SMILES string of the molecule is CCOC(=O)CCc1cc2cc(OCc3ccc(C4CCCC4)c(C(F)(F)F)c3)ccc2[nH]1. The Kier molecular flexibility index (Phi) is 6.96. The Bertz CT molecular complexity index is 1110. The number of esters is 1. The number of ether oxygens (including phenoxy) is 2. The Morgan fingerprint density at radius 3 is 2.61 bits per heavy atom. The van der Waals surface area contributed by atoms with E-state index < -0.39 is 11.7 Å². The van der Waals surface area contributed by atoms with Crippen molar-refractivity contribution in [1.82, 2.24) is 4.98 Å². The second-order valence-corrected chi connectivity index (χ2v) is 8.54. The Hall–Kier alpha value is -2.96. The van der Waals surface area contributed by atoms with E-state index in [0.29, 0.717) is 36.3 Å². The molecule has 1 aromatic heterocycles. The van der Waals surface area contributed by atoms with Gasteiger partial charge in [0.15, 0.2) is 0 Å². The highest BCUT2D eigenvalue weighted by molar-refractivity contribution is 5.82. The van der Waals surface area contributed by atoms with Gasteiger partial charge < -0.3 is 14.5 Å². The minimum Gasteiger partial charge on any atom is -0.489 e. The Morgan fingerprint density at radius 2 is 1.88 bits per heavy atom. The molecule has 1 fully saturated rings. The molecule has 0 amide bonds. The van der Waals surface area contributed by atoms with Crippen molar-refractivity contribution in [2.24, 2.45) is 0 Å². The van der Waals surface area contributed by atoms with Crippen LogP contribution in [-0.4, -0.2) is 17.6 Å². The molecule has 7 heteroatoms. The lowest BCUT2D eigenvalue weighted by Crippen LogP contribution is -2.12. The lowest BCUT2D eigenvalue weighted by molar-refractivity contribution is -0.143. The smallest absolute Gasteiger partial charge is 0.416 e. The van der Waals surface area contributed by atoms with Gasteiger partial charge in [-0.25, -0.2) is 0 Å². The first-order valence-electron chi connectivity index (χ1n) is 11.4. The minimum absolute atomic E-state index is 0.00869. The lowest BCUT2D eigenvalue weighted by atomic mass is 9.91. The molecule has 3 aromatic rings. The summed E-state index contributed by atoms with van der Waals surface area (Å²) >= 11 is 0. The summed E-state index contributed by atoms with van der Waals surface area (Å²) in [5, 5.41) is 0.916. The summed E-state index contributed by atoms with van der Waals surface area (Å²) in [7, 11) is 0. The predicted molar refractivity (Wildman–Crippen MR) is 120 cm³/mol. The number of carbonyl (C=O) groups excluding carboxylic acids is 1. The van der Waals surface area contributed by atoms with Crippen molar-refractivity contribution < 1.29 is 27.4 Å². The van der Waals surface area contributed by atoms with Gasteiger partial charge in [-0.15, -0.1) is 0 Å². The van der Waals surface area contributed by atoms with Crippen molar-refractivity contribution >= 4 is 16.9 Å². The predicted octanol–water partition coefficient (Wildman–Crippen LogP) is 6.92. The van der Waals surface area contributed by atoms with Crippen LogP contribution in [0.5, 0.6) is 5.75 Å². The van der Waals surface area contributed by atoms with Crippen LogP contribution in [0.4, 0.5) is 13.2 Å². The molecule has 1 saturated carbocycles. The maximum absolute atomic E-state index is 13.7. The van der Waals surface area contributed by atoms with Gasteiger partial charge in [-0.3, -0.25) is 4.79 Å². The Labute approximate surface area is 191 Å². The van der Waals surface area contributed by atoms with Crippen molar-refractivity contribution in [3.8, 4) is 5.75 Å². The molecule has 4 nitrogen and oxygen atoms in total. The molecule has 0 saturated heterocycles. The maximum atomic E-state index is 13.7. The summed E-state index contributed by atoms with van der Waals surface area (Å²) in [6.45, 7) is 2.19. The van der Waals surface area contributed by atoms with Crippen LogP contribution in [0.3, 0.4) is 0 Å². The molecule has 4 rings (SSSR count). The van der Waals surface area contributed by atoms with Gasteiger partial charge in [0.25, 0.3) is 0 Å². The van der Waals surface area contributed by atoms with E-state index in [0.717, 1.165) is 42.3 Å². The van der Waals surface area contributed by atoms with Gasteiger partial charge in [0.1, 0.15) is 12.4 Å². The number of nitrogens with one attached hydrogen (secondary N) is 1. The van der Waals surface area contributed by atoms with Gasteiger partial charge in [0.05, 0.1) is 18.6 Å². The molecule has 2 aromatic carbocycles. The Morgan fingerprint density at radius 1 is 1.09 bits per heavy atom. The molecule has 0 spiro atoms. The van der Waals surface area contributed by atoms with E-state index in [1.807, 2.05) is 18.2 Å². The number of halogens is 3. The number of hydrogen-bond donors (Lipinski definition) is 1. The largest absolute Gasteiger partial charge is 0.489 e. The average Bonchev–Trinajstić information content (AvgIpc) is 3.45. The number of H-pyrrole nitrogens is 1. The Balaban J connectivity index is 1.44. The fraction of sp³-hybridized carbons (Fsp3) is 0.423. The number of carbonyl (C=O) groups is 1. The van der Waals surface area contributed by atoms with Crippen LogP contribution >= 0.6 is 0 Å². The summed E-state index contributed by atoms with van der Waals surface area (Å²) < 4.78 is 51.9. The quantitative estimate of drug-likeness (QED) is 0.372. The molecule has 176 valence electrons. The minimum atomic E-state index is -4.38. The van der Waals surface area contributed by atoms with Crippen molar-refractivity contribution in [3.05, 3.63) is 64.8 Å². The summed E-state index contributed by atoms with van der Waals surface area (Å²) in [6, 6.07) is 12.0. The molecule has 1 N–H and O–H groups in total. The molecule has 0 atom stereocenters. The molecular weight excluding hydrogens is 431 g/mol. The molecular formula is C26H28F3NO3. The molecule has 0 unspecified atom stereocenters. The molecule has 1 aliphatic carbocycles. The fourth-order valence-electron chi connectivity index (χ4n) is 4.56. The number of aryl methyl sites for hydroxylation is 1. The number of fused-ring (bicyclic) bond motifs is 1. The van der Waals surface area contributed by atoms with Gasteiger partial charge in [-0.1, -0.05) is 25.0 Å². The van der Waals surface area contributed by atoms with Crippen LogP contribution in [0.1, 0.15) is 67.3 Å². The normalized spacial score (nSPS) is 14.7. The van der Waals surface area contributed by atoms with Crippen LogP contribution in [-0.2, 0) is 28.7 Å². The van der Waals surface area contributed by atoms with Crippen molar-refractivity contribution in [3.63, 3.8) is 0 Å². The van der Waals surface area contributed by atoms with Crippen LogP contribution in [0.25, 0.3) is 10.9 Å². The van der Waals surface area contributed by atoms with Crippen molar-refractivity contribution in [1.29, 1.82) is 0 Å². The highest BCUT2D eigenvalue weighted by Gasteiger charge is 2.36. The molecule has 1 aliphatic rings. The van der Waals surface area contributed by atoms with Crippen LogP contribution in [0.15, 0.2) is 42.5 Å². The van der Waals surface area contributed by atoms with E-state index in [9.17, 15) is 18.0 Å². The third kappa shape index (κ3) is 5.70. The van der Waals surface area contributed by atoms with Crippen molar-refractivity contribution in [2.45, 2.75) is 64.1 Å². The summed E-state index contributed by atoms with van der Waals surface area (Å²) in [5.41, 5.74) is 2.18. The first-order valence-corrected chi connectivity index (χ1v) is 11.4. The van der Waals surface area contributed by atoms with Crippen LogP contribution < -0.4 is 4.74 Å².